The summed E-state index contributed by atoms with van der Waals surface area (Å²) in [6.45, 7) is 2.00. The summed E-state index contributed by atoms with van der Waals surface area (Å²) in [6, 6.07) is 15.2. The Morgan fingerprint density at radius 3 is 2.78 bits per heavy atom. The lowest BCUT2D eigenvalue weighted by Crippen LogP contribution is -2.28. The molecule has 2 aromatic rings. The van der Waals surface area contributed by atoms with Crippen LogP contribution in [-0.2, 0) is 9.63 Å². The Balaban J connectivity index is 1.64. The van der Waals surface area contributed by atoms with Gasteiger partial charge >= 0.3 is 0 Å². The zero-order valence-electron chi connectivity index (χ0n) is 13.1. The molecule has 0 radical (unpaired) electrons. The number of ether oxygens (including phenoxy) is 1. The van der Waals surface area contributed by atoms with Crippen LogP contribution in [0.15, 0.2) is 53.7 Å². The first-order valence-corrected chi connectivity index (χ1v) is 7.40. The Morgan fingerprint density at radius 2 is 2.04 bits per heavy atom. The van der Waals surface area contributed by atoms with Crippen LogP contribution < -0.4 is 10.1 Å². The van der Waals surface area contributed by atoms with Gasteiger partial charge in [0.15, 0.2) is 0 Å². The summed E-state index contributed by atoms with van der Waals surface area (Å²) in [7, 11) is 1.61. The molecule has 1 N–H and O–H groups in total. The van der Waals surface area contributed by atoms with Crippen molar-refractivity contribution >= 4 is 17.3 Å². The van der Waals surface area contributed by atoms with Crippen molar-refractivity contribution in [2.24, 2.45) is 5.16 Å². The predicted octanol–water partition coefficient (Wildman–Crippen LogP) is 3.14. The van der Waals surface area contributed by atoms with Gasteiger partial charge in [0.2, 0.25) is 6.10 Å². The van der Waals surface area contributed by atoms with Crippen LogP contribution in [0.1, 0.15) is 17.5 Å². The number of anilines is 1. The predicted molar refractivity (Wildman–Crippen MR) is 88.8 cm³/mol. The summed E-state index contributed by atoms with van der Waals surface area (Å²) in [4.78, 5) is 17.6. The molecule has 23 heavy (non-hydrogen) atoms. The van der Waals surface area contributed by atoms with Gasteiger partial charge < -0.3 is 14.9 Å². The normalized spacial score (nSPS) is 16.4. The fourth-order valence-corrected chi connectivity index (χ4v) is 2.35. The number of nitrogens with zero attached hydrogens (tertiary/aromatic N) is 1. The van der Waals surface area contributed by atoms with Gasteiger partial charge in [-0.15, -0.1) is 0 Å². The van der Waals surface area contributed by atoms with Crippen molar-refractivity contribution < 1.29 is 14.4 Å². The third-order valence-electron chi connectivity index (χ3n) is 3.68. The van der Waals surface area contributed by atoms with E-state index in [0.717, 1.165) is 28.3 Å². The first-order valence-electron chi connectivity index (χ1n) is 7.40. The average Bonchev–Trinajstić information content (AvgIpc) is 3.07. The van der Waals surface area contributed by atoms with Crippen LogP contribution in [0.5, 0.6) is 5.75 Å². The fraction of sp³-hybridized carbons (Fsp3) is 0.222. The molecule has 0 saturated heterocycles. The molecule has 0 aromatic heterocycles. The van der Waals surface area contributed by atoms with E-state index in [4.69, 9.17) is 9.57 Å². The van der Waals surface area contributed by atoms with Crippen molar-refractivity contribution in [1.82, 2.24) is 0 Å². The number of benzene rings is 2. The van der Waals surface area contributed by atoms with Crippen LogP contribution >= 0.6 is 0 Å². The number of rotatable bonds is 4. The van der Waals surface area contributed by atoms with Gasteiger partial charge in [0, 0.05) is 17.7 Å². The molecule has 0 aliphatic carbocycles. The van der Waals surface area contributed by atoms with Gasteiger partial charge in [0.05, 0.1) is 12.8 Å². The van der Waals surface area contributed by atoms with E-state index in [0.29, 0.717) is 6.42 Å². The summed E-state index contributed by atoms with van der Waals surface area (Å²) in [5.74, 6) is 0.549. The largest absolute Gasteiger partial charge is 0.497 e. The standard InChI is InChI=1S/C18H18N2O3/c1-12-6-8-14(9-7-12)19-18(21)17-11-16(20-23-17)13-4-3-5-15(10-13)22-2/h3-10,17H,11H2,1-2H3,(H,19,21)/t17-/m0/s1. The maximum absolute atomic E-state index is 12.3. The van der Waals surface area contributed by atoms with Crippen molar-refractivity contribution in [3.8, 4) is 5.75 Å². The molecule has 1 atom stereocenters. The van der Waals surface area contributed by atoms with E-state index in [1.165, 1.54) is 0 Å². The molecular formula is C18H18N2O3. The van der Waals surface area contributed by atoms with Gasteiger partial charge in [-0.1, -0.05) is 35.0 Å². The zero-order valence-corrected chi connectivity index (χ0v) is 13.1. The second-order valence-electron chi connectivity index (χ2n) is 5.42. The monoisotopic (exact) mass is 310 g/mol. The molecule has 1 aliphatic heterocycles. The van der Waals surface area contributed by atoms with E-state index in [9.17, 15) is 4.79 Å². The Labute approximate surface area is 134 Å². The van der Waals surface area contributed by atoms with Gasteiger partial charge in [-0.25, -0.2) is 0 Å². The number of oxime groups is 1. The summed E-state index contributed by atoms with van der Waals surface area (Å²) < 4.78 is 5.20. The first-order chi connectivity index (χ1) is 11.2. The maximum atomic E-state index is 12.3. The second-order valence-corrected chi connectivity index (χ2v) is 5.42. The van der Waals surface area contributed by atoms with Gasteiger partial charge in [-0.05, 0) is 31.2 Å². The summed E-state index contributed by atoms with van der Waals surface area (Å²) in [5.41, 5.74) is 3.53. The Bertz CT molecular complexity index is 738. The van der Waals surface area contributed by atoms with E-state index in [2.05, 4.69) is 10.5 Å². The molecule has 5 nitrogen and oxygen atoms in total. The van der Waals surface area contributed by atoms with Gasteiger partial charge in [0.25, 0.3) is 5.91 Å². The number of hydrogen-bond acceptors (Lipinski definition) is 4. The molecule has 0 saturated carbocycles. The molecule has 0 bridgehead atoms. The van der Waals surface area contributed by atoms with Crippen molar-refractivity contribution in [1.29, 1.82) is 0 Å². The molecule has 1 amide bonds. The van der Waals surface area contributed by atoms with Gasteiger partial charge in [-0.3, -0.25) is 4.79 Å². The van der Waals surface area contributed by atoms with Crippen molar-refractivity contribution in [2.45, 2.75) is 19.4 Å². The molecule has 0 spiro atoms. The van der Waals surface area contributed by atoms with Crippen LogP contribution in [0, 0.1) is 6.92 Å². The number of carbonyl (C=O) groups excluding carboxylic acids is 1. The highest BCUT2D eigenvalue weighted by Gasteiger charge is 2.29. The second kappa shape index (κ2) is 6.52. The molecule has 3 rings (SSSR count). The molecule has 0 fully saturated rings. The van der Waals surface area contributed by atoms with E-state index < -0.39 is 6.10 Å². The fourth-order valence-electron chi connectivity index (χ4n) is 2.35. The molecule has 5 heteroatoms. The molecule has 118 valence electrons. The number of hydrogen-bond donors (Lipinski definition) is 1. The molecular weight excluding hydrogens is 292 g/mol. The number of nitrogens with one attached hydrogen (secondary N) is 1. The molecule has 1 heterocycles. The van der Waals surface area contributed by atoms with Crippen LogP contribution in [-0.4, -0.2) is 24.8 Å². The SMILES string of the molecule is COc1cccc(C2=NO[C@H](C(=O)Nc3ccc(C)cc3)C2)c1. The van der Waals surface area contributed by atoms with E-state index in [1.807, 2.05) is 55.5 Å². The molecule has 1 aliphatic rings. The van der Waals surface area contributed by atoms with Crippen LogP contribution in [0.3, 0.4) is 0 Å². The lowest BCUT2D eigenvalue weighted by molar-refractivity contribution is -0.125. The molecule has 2 aromatic carbocycles. The third kappa shape index (κ3) is 3.51. The topological polar surface area (TPSA) is 59.9 Å². The number of amides is 1. The van der Waals surface area contributed by atoms with Gasteiger partial charge in [0.1, 0.15) is 5.75 Å². The smallest absolute Gasteiger partial charge is 0.268 e. The zero-order chi connectivity index (χ0) is 16.2. The highest BCUT2D eigenvalue weighted by molar-refractivity contribution is 6.06. The van der Waals surface area contributed by atoms with Crippen LogP contribution in [0.25, 0.3) is 0 Å². The Kier molecular flexibility index (Phi) is 4.28. The Hall–Kier alpha value is -2.82. The summed E-state index contributed by atoms with van der Waals surface area (Å²) in [6.07, 6.45) is -0.178. The Morgan fingerprint density at radius 1 is 1.26 bits per heavy atom. The quantitative estimate of drug-likeness (QED) is 0.944. The molecule has 0 unspecified atom stereocenters. The lowest BCUT2D eigenvalue weighted by atomic mass is 10.0. The third-order valence-corrected chi connectivity index (χ3v) is 3.68. The number of methoxy groups -OCH3 is 1. The minimum Gasteiger partial charge on any atom is -0.497 e. The number of carbonyl (C=O) groups is 1. The van der Waals surface area contributed by atoms with Crippen LogP contribution in [0.4, 0.5) is 5.69 Å². The van der Waals surface area contributed by atoms with Crippen molar-refractivity contribution in [3.05, 3.63) is 59.7 Å². The first kappa shape index (κ1) is 15.1. The minimum absolute atomic E-state index is 0.199. The van der Waals surface area contributed by atoms with Gasteiger partial charge in [-0.2, -0.15) is 0 Å². The summed E-state index contributed by atoms with van der Waals surface area (Å²) in [5, 5.41) is 6.88. The van der Waals surface area contributed by atoms with E-state index in [1.54, 1.807) is 7.11 Å². The van der Waals surface area contributed by atoms with Crippen LogP contribution in [0.2, 0.25) is 0 Å². The average molecular weight is 310 g/mol. The van der Waals surface area contributed by atoms with E-state index >= 15 is 0 Å². The van der Waals surface area contributed by atoms with E-state index in [-0.39, 0.29) is 5.91 Å². The number of aryl methyl sites for hydroxylation is 1. The minimum atomic E-state index is -0.613. The highest BCUT2D eigenvalue weighted by Crippen LogP contribution is 2.21. The maximum Gasteiger partial charge on any atom is 0.268 e. The summed E-state index contributed by atoms with van der Waals surface area (Å²) >= 11 is 0. The van der Waals surface area contributed by atoms with Crippen molar-refractivity contribution in [2.75, 3.05) is 12.4 Å². The lowest BCUT2D eigenvalue weighted by Gasteiger charge is -2.09. The van der Waals surface area contributed by atoms with Crippen molar-refractivity contribution in [3.63, 3.8) is 0 Å². The highest BCUT2D eigenvalue weighted by atomic mass is 16.6.